The molecule has 0 atom stereocenters. The quantitative estimate of drug-likeness (QED) is 0.184. The van der Waals surface area contributed by atoms with Crippen molar-refractivity contribution in [3.63, 3.8) is 0 Å². The highest BCUT2D eigenvalue weighted by Crippen LogP contribution is 2.31. The lowest BCUT2D eigenvalue weighted by Gasteiger charge is -2.10. The smallest absolute Gasteiger partial charge is 0.227 e. The molecule has 0 radical (unpaired) electrons. The molecule has 4 aromatic carbocycles. The highest BCUT2D eigenvalue weighted by atomic mass is 16.3. The van der Waals surface area contributed by atoms with E-state index in [1.54, 1.807) is 36.9 Å². The van der Waals surface area contributed by atoms with E-state index < -0.39 is 0 Å². The fourth-order valence-corrected chi connectivity index (χ4v) is 5.32. The van der Waals surface area contributed by atoms with Gasteiger partial charge in [0.05, 0.1) is 0 Å². The molecule has 9 nitrogen and oxygen atoms in total. The predicted molar refractivity (Wildman–Crippen MR) is 181 cm³/mol. The Hall–Kier alpha value is -6.48. The second kappa shape index (κ2) is 11.8. The number of benzene rings is 4. The predicted octanol–water partition coefficient (Wildman–Crippen LogP) is 8.21. The first-order chi connectivity index (χ1) is 23.1. The van der Waals surface area contributed by atoms with Crippen LogP contribution in [0.1, 0.15) is 11.1 Å². The number of oxazole rings is 1. The molecule has 0 unspecified atom stereocenters. The number of rotatable bonds is 6. The van der Waals surface area contributed by atoms with E-state index in [0.717, 1.165) is 44.5 Å². The van der Waals surface area contributed by atoms with Crippen molar-refractivity contribution in [3.05, 3.63) is 133 Å². The number of hydrogen-bond donors (Lipinski definition) is 0. The Balaban J connectivity index is 1.22. The number of aromatic nitrogens is 8. The minimum absolute atomic E-state index is 0.526. The van der Waals surface area contributed by atoms with Crippen LogP contribution >= 0.6 is 0 Å². The Bertz CT molecular complexity index is 2230. The lowest BCUT2D eigenvalue weighted by molar-refractivity contribution is 0.619. The van der Waals surface area contributed by atoms with E-state index in [4.69, 9.17) is 24.4 Å². The van der Waals surface area contributed by atoms with Gasteiger partial charge in [0, 0.05) is 58.2 Å². The van der Waals surface area contributed by atoms with Gasteiger partial charge in [-0.05, 0) is 73.5 Å². The zero-order valence-corrected chi connectivity index (χ0v) is 25.5. The molecule has 0 bridgehead atoms. The standard InChI is InChI=1S/C38H26N8O/c1-23-19-31-32(20-24(23)2)47-38(43-31)26-13-11-25(12-14-26)35-44-36(29-9-3-7-27(21-29)33-39-15-5-16-40-33)46-37(45-35)30-10-4-8-28(22-30)34-41-17-6-18-42-34/h3-22H,1-2H3. The molecule has 8 rings (SSSR count). The van der Waals surface area contributed by atoms with Crippen molar-refractivity contribution in [2.75, 3.05) is 0 Å². The summed E-state index contributed by atoms with van der Waals surface area (Å²) in [6, 6.07) is 31.4. The largest absolute Gasteiger partial charge is 0.436 e. The molecule has 224 valence electrons. The maximum atomic E-state index is 6.11. The normalized spacial score (nSPS) is 11.2. The van der Waals surface area contributed by atoms with Crippen LogP contribution in [0.2, 0.25) is 0 Å². The van der Waals surface area contributed by atoms with Crippen molar-refractivity contribution in [1.29, 1.82) is 0 Å². The van der Waals surface area contributed by atoms with Gasteiger partial charge in [-0.15, -0.1) is 0 Å². The van der Waals surface area contributed by atoms with Crippen LogP contribution in [-0.4, -0.2) is 39.9 Å². The van der Waals surface area contributed by atoms with Crippen LogP contribution < -0.4 is 0 Å². The summed E-state index contributed by atoms with van der Waals surface area (Å²) in [6.45, 7) is 4.15. The lowest BCUT2D eigenvalue weighted by Crippen LogP contribution is -2.01. The molecule has 47 heavy (non-hydrogen) atoms. The van der Waals surface area contributed by atoms with Crippen LogP contribution in [0.4, 0.5) is 0 Å². The molecule has 8 aromatic rings. The lowest BCUT2D eigenvalue weighted by atomic mass is 10.1. The van der Waals surface area contributed by atoms with E-state index in [2.05, 4.69) is 39.8 Å². The van der Waals surface area contributed by atoms with Gasteiger partial charge >= 0.3 is 0 Å². The van der Waals surface area contributed by atoms with E-state index in [1.807, 2.05) is 78.9 Å². The van der Waals surface area contributed by atoms with Crippen molar-refractivity contribution >= 4 is 11.1 Å². The molecule has 0 saturated carbocycles. The average molecular weight is 611 g/mol. The summed E-state index contributed by atoms with van der Waals surface area (Å²) < 4.78 is 6.11. The highest BCUT2D eigenvalue weighted by Gasteiger charge is 2.16. The highest BCUT2D eigenvalue weighted by molar-refractivity contribution is 5.79. The van der Waals surface area contributed by atoms with Gasteiger partial charge in [-0.3, -0.25) is 0 Å². The second-order valence-electron chi connectivity index (χ2n) is 11.1. The van der Waals surface area contributed by atoms with Crippen molar-refractivity contribution in [1.82, 2.24) is 39.9 Å². The van der Waals surface area contributed by atoms with E-state index in [9.17, 15) is 0 Å². The van der Waals surface area contributed by atoms with Crippen LogP contribution in [0, 0.1) is 13.8 Å². The van der Waals surface area contributed by atoms with Gasteiger partial charge in [-0.25, -0.2) is 39.9 Å². The van der Waals surface area contributed by atoms with Gasteiger partial charge in [-0.1, -0.05) is 48.5 Å². The maximum Gasteiger partial charge on any atom is 0.227 e. The Morgan fingerprint density at radius 3 is 1.38 bits per heavy atom. The van der Waals surface area contributed by atoms with Crippen LogP contribution in [0.25, 0.3) is 79.5 Å². The van der Waals surface area contributed by atoms with Crippen molar-refractivity contribution in [2.45, 2.75) is 13.8 Å². The Morgan fingerprint density at radius 2 is 0.851 bits per heavy atom. The fourth-order valence-electron chi connectivity index (χ4n) is 5.32. The van der Waals surface area contributed by atoms with Gasteiger partial charge in [0.25, 0.3) is 0 Å². The third-order valence-corrected chi connectivity index (χ3v) is 7.92. The van der Waals surface area contributed by atoms with E-state index in [1.165, 1.54) is 11.1 Å². The molecule has 0 N–H and O–H groups in total. The summed E-state index contributed by atoms with van der Waals surface area (Å²) in [5.41, 5.74) is 9.00. The molecule has 0 fully saturated rings. The monoisotopic (exact) mass is 610 g/mol. The fraction of sp³-hybridized carbons (Fsp3) is 0.0526. The molecule has 0 amide bonds. The SMILES string of the molecule is Cc1cc2nc(-c3ccc(-c4nc(-c5cccc(-c6ncccn6)c5)nc(-c5cccc(-c6ncccn6)c5)n4)cc3)oc2cc1C. The number of fused-ring (bicyclic) bond motifs is 1. The summed E-state index contributed by atoms with van der Waals surface area (Å²) in [4.78, 5) is 37.2. The zero-order chi connectivity index (χ0) is 31.7. The summed E-state index contributed by atoms with van der Waals surface area (Å²) in [5.74, 6) is 3.39. The maximum absolute atomic E-state index is 6.11. The second-order valence-corrected chi connectivity index (χ2v) is 11.1. The van der Waals surface area contributed by atoms with Gasteiger partial charge in [0.2, 0.25) is 5.89 Å². The van der Waals surface area contributed by atoms with Crippen LogP contribution in [-0.2, 0) is 0 Å². The number of hydrogen-bond acceptors (Lipinski definition) is 9. The van der Waals surface area contributed by atoms with Crippen LogP contribution in [0.5, 0.6) is 0 Å². The molecule has 0 saturated heterocycles. The molecular formula is C38H26N8O. The minimum Gasteiger partial charge on any atom is -0.436 e. The van der Waals surface area contributed by atoms with Gasteiger partial charge in [-0.2, -0.15) is 0 Å². The Kier molecular flexibility index (Phi) is 7.03. The summed E-state index contributed by atoms with van der Waals surface area (Å²) in [5, 5.41) is 0. The van der Waals surface area contributed by atoms with Crippen molar-refractivity contribution in [2.24, 2.45) is 0 Å². The molecule has 0 aliphatic carbocycles. The molecule has 0 aliphatic heterocycles. The molecule has 4 aromatic heterocycles. The van der Waals surface area contributed by atoms with Crippen LogP contribution in [0.3, 0.4) is 0 Å². The van der Waals surface area contributed by atoms with Gasteiger partial charge < -0.3 is 4.42 Å². The van der Waals surface area contributed by atoms with E-state index in [-0.39, 0.29) is 0 Å². The summed E-state index contributed by atoms with van der Waals surface area (Å²) >= 11 is 0. The van der Waals surface area contributed by atoms with Crippen LogP contribution in [0.15, 0.2) is 126 Å². The molecule has 0 aliphatic rings. The van der Waals surface area contributed by atoms with Crippen molar-refractivity contribution < 1.29 is 4.42 Å². The molecule has 0 spiro atoms. The third-order valence-electron chi connectivity index (χ3n) is 7.92. The minimum atomic E-state index is 0.526. The summed E-state index contributed by atoms with van der Waals surface area (Å²) in [7, 11) is 0. The Morgan fingerprint density at radius 1 is 0.404 bits per heavy atom. The van der Waals surface area contributed by atoms with Gasteiger partial charge in [0.15, 0.2) is 34.7 Å². The Labute approximate surface area is 270 Å². The summed E-state index contributed by atoms with van der Waals surface area (Å²) in [6.07, 6.45) is 6.91. The number of nitrogens with zero attached hydrogens (tertiary/aromatic N) is 8. The van der Waals surface area contributed by atoms with E-state index in [0.29, 0.717) is 35.0 Å². The average Bonchev–Trinajstić information content (AvgIpc) is 3.55. The first-order valence-electron chi connectivity index (χ1n) is 15.1. The molecule has 4 heterocycles. The first kappa shape index (κ1) is 28.0. The van der Waals surface area contributed by atoms with Crippen molar-refractivity contribution in [3.8, 4) is 68.4 Å². The first-order valence-corrected chi connectivity index (χ1v) is 15.1. The molecular weight excluding hydrogens is 584 g/mol. The third kappa shape index (κ3) is 5.62. The van der Waals surface area contributed by atoms with E-state index >= 15 is 0 Å². The topological polar surface area (TPSA) is 116 Å². The molecule has 9 heteroatoms. The van der Waals surface area contributed by atoms with Gasteiger partial charge in [0.1, 0.15) is 5.52 Å². The number of aryl methyl sites for hydroxylation is 2. The zero-order valence-electron chi connectivity index (χ0n) is 25.5.